The van der Waals surface area contributed by atoms with Crippen molar-refractivity contribution in [2.75, 3.05) is 26.7 Å². The Kier molecular flexibility index (Phi) is 6.06. The molecule has 2 atom stereocenters. The van der Waals surface area contributed by atoms with Gasteiger partial charge in [-0.05, 0) is 31.5 Å². The van der Waals surface area contributed by atoms with E-state index in [2.05, 4.69) is 5.32 Å². The molecule has 1 aliphatic rings. The number of hydrogen-bond acceptors (Lipinski definition) is 4. The van der Waals surface area contributed by atoms with Crippen LogP contribution in [0.4, 0.5) is 13.2 Å². The lowest BCUT2D eigenvalue weighted by molar-refractivity contribution is -0.139. The third kappa shape index (κ3) is 4.85. The lowest BCUT2D eigenvalue weighted by Crippen LogP contribution is -2.45. The summed E-state index contributed by atoms with van der Waals surface area (Å²) >= 11 is 0. The number of amides is 1. The van der Waals surface area contributed by atoms with Gasteiger partial charge in [-0.2, -0.15) is 13.2 Å². The maximum atomic E-state index is 12.9. The van der Waals surface area contributed by atoms with Crippen LogP contribution in [0.25, 0.3) is 0 Å². The van der Waals surface area contributed by atoms with Gasteiger partial charge in [0.15, 0.2) is 0 Å². The summed E-state index contributed by atoms with van der Waals surface area (Å²) in [6.45, 7) is 0.443. The molecule has 1 saturated heterocycles. The second-order valence-corrected chi connectivity index (χ2v) is 5.83. The van der Waals surface area contributed by atoms with E-state index in [1.165, 1.54) is 23.1 Å². The van der Waals surface area contributed by atoms with Crippen LogP contribution in [0.5, 0.6) is 5.75 Å². The summed E-state index contributed by atoms with van der Waals surface area (Å²) in [6, 6.07) is 4.57. The zero-order valence-electron chi connectivity index (χ0n) is 13.3. The number of aliphatic hydroxyl groups is 1. The molecule has 5 nitrogen and oxygen atoms in total. The summed E-state index contributed by atoms with van der Waals surface area (Å²) < 4.78 is 43.7. The smallest absolute Gasteiger partial charge is 0.419 e. The summed E-state index contributed by atoms with van der Waals surface area (Å²) in [7, 11) is 1.55. The van der Waals surface area contributed by atoms with Crippen molar-refractivity contribution in [3.05, 3.63) is 29.8 Å². The van der Waals surface area contributed by atoms with E-state index in [4.69, 9.17) is 4.74 Å². The van der Waals surface area contributed by atoms with Crippen molar-refractivity contribution in [1.29, 1.82) is 0 Å². The van der Waals surface area contributed by atoms with Crippen LogP contribution in [-0.4, -0.2) is 54.8 Å². The molecule has 1 heterocycles. The van der Waals surface area contributed by atoms with Crippen LogP contribution in [0.15, 0.2) is 24.3 Å². The van der Waals surface area contributed by atoms with E-state index < -0.39 is 17.8 Å². The van der Waals surface area contributed by atoms with Crippen molar-refractivity contribution < 1.29 is 27.8 Å². The molecule has 1 amide bonds. The molecule has 0 spiro atoms. The Hall–Kier alpha value is -1.80. The molecule has 1 aromatic rings. The fraction of sp³-hybridized carbons (Fsp3) is 0.562. The topological polar surface area (TPSA) is 61.8 Å². The number of benzene rings is 1. The van der Waals surface area contributed by atoms with E-state index in [0.717, 1.165) is 25.5 Å². The molecular formula is C16H21F3N2O3. The maximum absolute atomic E-state index is 12.9. The largest absolute Gasteiger partial charge is 0.490 e. The fourth-order valence-electron chi connectivity index (χ4n) is 2.63. The third-order valence-corrected chi connectivity index (χ3v) is 3.84. The standard InChI is InChI=1S/C16H21F3N2O3/c1-21(15(23)13-6-4-8-20-13)9-11(22)10-24-14-7-3-2-5-12(14)16(17,18)19/h2-3,5,7,11,13,20,22H,4,6,8-10H2,1H3/t11-,13+/m1/s1. The van der Waals surface area contributed by atoms with Crippen molar-refractivity contribution in [3.63, 3.8) is 0 Å². The number of nitrogens with one attached hydrogen (secondary N) is 1. The first-order valence-electron chi connectivity index (χ1n) is 7.74. The SMILES string of the molecule is CN(C[C@@H](O)COc1ccccc1C(F)(F)F)C(=O)[C@@H]1CCCN1. The van der Waals surface area contributed by atoms with Gasteiger partial charge in [0, 0.05) is 13.6 Å². The highest BCUT2D eigenvalue weighted by Gasteiger charge is 2.34. The number of para-hydroxylation sites is 1. The Morgan fingerprint density at radius 3 is 2.79 bits per heavy atom. The van der Waals surface area contributed by atoms with Crippen LogP contribution in [0.1, 0.15) is 18.4 Å². The van der Waals surface area contributed by atoms with Gasteiger partial charge in [0.25, 0.3) is 0 Å². The third-order valence-electron chi connectivity index (χ3n) is 3.84. The number of aliphatic hydroxyl groups excluding tert-OH is 1. The normalized spacial score (nSPS) is 19.1. The molecule has 0 unspecified atom stereocenters. The Bertz CT molecular complexity index is 560. The van der Waals surface area contributed by atoms with Gasteiger partial charge >= 0.3 is 6.18 Å². The highest BCUT2D eigenvalue weighted by molar-refractivity contribution is 5.81. The summed E-state index contributed by atoms with van der Waals surface area (Å²) in [6.07, 6.45) is -3.94. The lowest BCUT2D eigenvalue weighted by atomic mass is 10.2. The van der Waals surface area contributed by atoms with E-state index >= 15 is 0 Å². The van der Waals surface area contributed by atoms with E-state index in [9.17, 15) is 23.1 Å². The van der Waals surface area contributed by atoms with Gasteiger partial charge in [-0.1, -0.05) is 12.1 Å². The molecule has 24 heavy (non-hydrogen) atoms. The summed E-state index contributed by atoms with van der Waals surface area (Å²) in [5.41, 5.74) is -0.892. The van der Waals surface area contributed by atoms with E-state index in [-0.39, 0.29) is 30.9 Å². The van der Waals surface area contributed by atoms with E-state index in [0.29, 0.717) is 0 Å². The average Bonchev–Trinajstić information content (AvgIpc) is 3.06. The predicted octanol–water partition coefficient (Wildman–Crippen LogP) is 1.66. The quantitative estimate of drug-likeness (QED) is 0.822. The molecule has 8 heteroatoms. The van der Waals surface area contributed by atoms with E-state index in [1.54, 1.807) is 7.05 Å². The minimum Gasteiger partial charge on any atom is -0.490 e. The van der Waals surface area contributed by atoms with Crippen LogP contribution in [0, 0.1) is 0 Å². The summed E-state index contributed by atoms with van der Waals surface area (Å²) in [5.74, 6) is -0.474. The number of carbonyl (C=O) groups excluding carboxylic acids is 1. The van der Waals surface area contributed by atoms with Crippen molar-refractivity contribution in [2.24, 2.45) is 0 Å². The van der Waals surface area contributed by atoms with Crippen LogP contribution >= 0.6 is 0 Å². The molecule has 134 valence electrons. The molecule has 0 bridgehead atoms. The Morgan fingerprint density at radius 1 is 1.46 bits per heavy atom. The number of alkyl halides is 3. The number of hydrogen-bond donors (Lipinski definition) is 2. The number of likely N-dealkylation sites (N-methyl/N-ethyl adjacent to an activating group) is 1. The zero-order valence-corrected chi connectivity index (χ0v) is 13.3. The second-order valence-electron chi connectivity index (χ2n) is 5.83. The van der Waals surface area contributed by atoms with Crippen LogP contribution < -0.4 is 10.1 Å². The first kappa shape index (κ1) is 18.5. The van der Waals surface area contributed by atoms with Gasteiger partial charge < -0.3 is 20.1 Å². The number of halogens is 3. The van der Waals surface area contributed by atoms with Gasteiger partial charge in [-0.25, -0.2) is 0 Å². The zero-order chi connectivity index (χ0) is 17.7. The molecule has 0 radical (unpaired) electrons. The van der Waals surface area contributed by atoms with Crippen molar-refractivity contribution in [3.8, 4) is 5.75 Å². The minimum atomic E-state index is -4.53. The predicted molar refractivity (Wildman–Crippen MR) is 81.6 cm³/mol. The Balaban J connectivity index is 1.87. The Morgan fingerprint density at radius 2 is 2.17 bits per heavy atom. The average molecular weight is 346 g/mol. The lowest BCUT2D eigenvalue weighted by Gasteiger charge is -2.24. The fourth-order valence-corrected chi connectivity index (χ4v) is 2.63. The number of rotatable bonds is 6. The molecule has 0 saturated carbocycles. The first-order valence-corrected chi connectivity index (χ1v) is 7.74. The first-order chi connectivity index (χ1) is 11.3. The summed E-state index contributed by atoms with van der Waals surface area (Å²) in [5, 5.41) is 13.0. The number of carbonyl (C=O) groups is 1. The highest BCUT2D eigenvalue weighted by atomic mass is 19.4. The van der Waals surface area contributed by atoms with Gasteiger partial charge in [0.1, 0.15) is 18.5 Å². The van der Waals surface area contributed by atoms with Gasteiger partial charge in [-0.15, -0.1) is 0 Å². The van der Waals surface area contributed by atoms with Crippen LogP contribution in [-0.2, 0) is 11.0 Å². The molecule has 0 aromatic heterocycles. The molecule has 1 aliphatic heterocycles. The molecule has 2 rings (SSSR count). The van der Waals surface area contributed by atoms with Gasteiger partial charge in [-0.3, -0.25) is 4.79 Å². The number of nitrogens with zero attached hydrogens (tertiary/aromatic N) is 1. The molecule has 1 fully saturated rings. The molecular weight excluding hydrogens is 325 g/mol. The molecule has 1 aromatic carbocycles. The van der Waals surface area contributed by atoms with Crippen molar-refractivity contribution in [1.82, 2.24) is 10.2 Å². The van der Waals surface area contributed by atoms with E-state index in [1.807, 2.05) is 0 Å². The monoisotopic (exact) mass is 346 g/mol. The molecule has 0 aliphatic carbocycles. The van der Waals surface area contributed by atoms with Crippen LogP contribution in [0.2, 0.25) is 0 Å². The number of ether oxygens (including phenoxy) is 1. The minimum absolute atomic E-state index is 0.00873. The van der Waals surface area contributed by atoms with Crippen molar-refractivity contribution >= 4 is 5.91 Å². The summed E-state index contributed by atoms with van der Waals surface area (Å²) in [4.78, 5) is 13.5. The van der Waals surface area contributed by atoms with Gasteiger partial charge in [0.05, 0.1) is 11.6 Å². The van der Waals surface area contributed by atoms with Crippen molar-refractivity contribution in [2.45, 2.75) is 31.2 Å². The maximum Gasteiger partial charge on any atom is 0.419 e. The second kappa shape index (κ2) is 7.85. The van der Waals surface area contributed by atoms with Gasteiger partial charge in [0.2, 0.25) is 5.91 Å². The highest BCUT2D eigenvalue weighted by Crippen LogP contribution is 2.35. The Labute approximate surface area is 138 Å². The molecule has 2 N–H and O–H groups in total. The van der Waals surface area contributed by atoms with Crippen LogP contribution in [0.3, 0.4) is 0 Å².